The first kappa shape index (κ1) is 42.5. The van der Waals surface area contributed by atoms with E-state index in [-0.39, 0.29) is 0 Å². The first-order valence-electron chi connectivity index (χ1n) is 25.1. The van der Waals surface area contributed by atoms with Crippen molar-refractivity contribution < 1.29 is 0 Å². The minimum Gasteiger partial charge on any atom is -0.309 e. The van der Waals surface area contributed by atoms with Gasteiger partial charge in [0.2, 0.25) is 0 Å². The van der Waals surface area contributed by atoms with Gasteiger partial charge in [-0.1, -0.05) is 145 Å². The molecule has 0 bridgehead atoms. The Balaban J connectivity index is 0.912. The summed E-state index contributed by atoms with van der Waals surface area (Å²) in [7, 11) is 0. The molecule has 14 rings (SSSR count). The second kappa shape index (κ2) is 16.6. The van der Waals surface area contributed by atoms with Gasteiger partial charge in [-0.05, 0) is 141 Å². The van der Waals surface area contributed by atoms with Crippen LogP contribution in [0.4, 0.5) is 0 Å². The van der Waals surface area contributed by atoms with Crippen molar-refractivity contribution in [3.63, 3.8) is 0 Å². The zero-order valence-electron chi connectivity index (χ0n) is 41.1. The van der Waals surface area contributed by atoms with E-state index in [9.17, 15) is 0 Å². The van der Waals surface area contributed by atoms with Crippen molar-refractivity contribution in [1.29, 1.82) is 0 Å². The van der Waals surface area contributed by atoms with Crippen LogP contribution in [0.3, 0.4) is 0 Å². The molecule has 0 saturated carbocycles. The van der Waals surface area contributed by atoms with Crippen LogP contribution in [-0.4, -0.2) is 23.7 Å². The van der Waals surface area contributed by atoms with Crippen molar-refractivity contribution in [3.05, 3.63) is 247 Å². The quantitative estimate of drug-likeness (QED) is 0.160. The third kappa shape index (κ3) is 6.92. The topological polar surface area (TPSA) is 40.6 Å². The fraction of sp³-hybridized carbons (Fsp3) is 0.0588. The Kier molecular flexibility index (Phi) is 9.70. The lowest BCUT2D eigenvalue weighted by atomic mass is 9.93. The minimum atomic E-state index is 0.722. The summed E-state index contributed by atoms with van der Waals surface area (Å²) in [4.78, 5) is 10.3. The van der Waals surface area contributed by atoms with Gasteiger partial charge in [-0.25, -0.2) is 9.97 Å². The first-order chi connectivity index (χ1) is 35.8. The lowest BCUT2D eigenvalue weighted by molar-refractivity contribution is 1.15. The number of nitrogens with zero attached hydrogens (tertiary/aromatic N) is 5. The maximum absolute atomic E-state index is 5.17. The predicted octanol–water partition coefficient (Wildman–Crippen LogP) is 17.7. The summed E-state index contributed by atoms with van der Waals surface area (Å²) in [6.07, 6.45) is 0. The molecular formula is C68H49N5. The molecule has 0 radical (unpaired) electrons. The van der Waals surface area contributed by atoms with Crippen LogP contribution in [-0.2, 0) is 0 Å². The van der Waals surface area contributed by atoms with Gasteiger partial charge in [0.1, 0.15) is 0 Å². The molecule has 4 aromatic heterocycles. The van der Waals surface area contributed by atoms with Crippen LogP contribution in [0.5, 0.6) is 0 Å². The highest BCUT2D eigenvalue weighted by molar-refractivity contribution is 6.14. The van der Waals surface area contributed by atoms with Crippen LogP contribution in [0, 0.1) is 27.7 Å². The first-order valence-corrected chi connectivity index (χ1v) is 25.1. The molecule has 0 saturated heterocycles. The van der Waals surface area contributed by atoms with E-state index in [4.69, 9.17) is 9.97 Å². The van der Waals surface area contributed by atoms with Crippen LogP contribution >= 0.6 is 0 Å². The van der Waals surface area contributed by atoms with E-state index in [2.05, 4.69) is 266 Å². The number of hydrogen-bond donors (Lipinski definition) is 0. The van der Waals surface area contributed by atoms with Gasteiger partial charge in [-0.2, -0.15) is 0 Å². The molecule has 10 aromatic carbocycles. The number of fused-ring (bicyclic) bond motifs is 9. The number of para-hydroxylation sites is 4. The zero-order chi connectivity index (χ0) is 48.9. The lowest BCUT2D eigenvalue weighted by Gasteiger charge is -2.16. The van der Waals surface area contributed by atoms with Crippen molar-refractivity contribution in [3.8, 4) is 62.1 Å². The normalized spacial score (nSPS) is 11.8. The van der Waals surface area contributed by atoms with Gasteiger partial charge in [0.05, 0.1) is 44.5 Å². The Labute approximate surface area is 423 Å². The molecule has 0 aliphatic carbocycles. The fourth-order valence-electron chi connectivity index (χ4n) is 11.8. The largest absolute Gasteiger partial charge is 0.309 e. The number of aryl methyl sites for hydroxylation is 4. The molecule has 5 nitrogen and oxygen atoms in total. The van der Waals surface area contributed by atoms with Crippen LogP contribution in [0.15, 0.2) is 224 Å². The summed E-state index contributed by atoms with van der Waals surface area (Å²) in [6.45, 7) is 8.74. The zero-order valence-corrected chi connectivity index (χ0v) is 41.1. The van der Waals surface area contributed by atoms with Crippen LogP contribution in [0.1, 0.15) is 22.3 Å². The average Bonchev–Trinajstić information content (AvgIpc) is 4.06. The molecule has 0 N–H and O–H groups in total. The molecule has 0 aliphatic rings. The van der Waals surface area contributed by atoms with Gasteiger partial charge in [0.15, 0.2) is 5.82 Å². The standard InChI is InChI=1S/C68H49N5/c1-42-15-13-17-48(35-42)60-41-59(69-68(70-60)49-18-14-16-43(2)36-49)46-27-29-47(30-28-46)67-44(3)37-52(38-45(67)4)73-65-33-31-50(71-61-23-9-5-19-53(61)54-20-6-10-24-62(54)71)39-57(65)58-40-51(32-34-66(58)73)72-63-25-11-7-21-55(63)56-22-8-12-26-64(56)72/h5-41H,1-4H3. The second-order valence-electron chi connectivity index (χ2n) is 19.7. The maximum atomic E-state index is 5.17. The molecule has 0 aliphatic heterocycles. The Morgan fingerprint density at radius 2 is 0.671 bits per heavy atom. The van der Waals surface area contributed by atoms with E-state index < -0.39 is 0 Å². The second-order valence-corrected chi connectivity index (χ2v) is 19.7. The molecule has 0 spiro atoms. The molecule has 0 fully saturated rings. The van der Waals surface area contributed by atoms with Crippen LogP contribution in [0.2, 0.25) is 0 Å². The van der Waals surface area contributed by atoms with Crippen molar-refractivity contribution >= 4 is 65.4 Å². The number of benzene rings is 10. The third-order valence-corrected chi connectivity index (χ3v) is 15.0. The highest BCUT2D eigenvalue weighted by atomic mass is 15.0. The summed E-state index contributed by atoms with van der Waals surface area (Å²) in [6, 6.07) is 81.9. The average molecular weight is 936 g/mol. The SMILES string of the molecule is Cc1cccc(-c2cc(-c3ccc(-c4c(C)cc(-n5c6ccc(-n7c8ccccc8c8ccccc87)cc6c6cc(-n7c8ccccc8c8ccccc87)ccc65)cc4C)cc3)nc(-c3cccc(C)c3)n2)c1. The summed E-state index contributed by atoms with van der Waals surface area (Å²) >= 11 is 0. The summed E-state index contributed by atoms with van der Waals surface area (Å²) in [5, 5.41) is 7.42. The van der Waals surface area contributed by atoms with Crippen molar-refractivity contribution in [2.75, 3.05) is 0 Å². The number of rotatable bonds is 7. The van der Waals surface area contributed by atoms with Crippen LogP contribution in [0.25, 0.3) is 128 Å². The molecule has 73 heavy (non-hydrogen) atoms. The van der Waals surface area contributed by atoms with E-state index in [0.29, 0.717) is 0 Å². The molecule has 14 aromatic rings. The molecule has 0 unspecified atom stereocenters. The molecule has 0 atom stereocenters. The Morgan fingerprint density at radius 1 is 0.274 bits per heavy atom. The van der Waals surface area contributed by atoms with E-state index in [1.165, 1.54) is 87.8 Å². The third-order valence-electron chi connectivity index (χ3n) is 15.0. The molecule has 4 heterocycles. The minimum absolute atomic E-state index is 0.722. The molecule has 5 heteroatoms. The summed E-state index contributed by atoms with van der Waals surface area (Å²) < 4.78 is 7.32. The van der Waals surface area contributed by atoms with Gasteiger partial charge in [-0.3, -0.25) is 0 Å². The van der Waals surface area contributed by atoms with Gasteiger partial charge < -0.3 is 13.7 Å². The van der Waals surface area contributed by atoms with Gasteiger partial charge in [-0.15, -0.1) is 0 Å². The fourth-order valence-corrected chi connectivity index (χ4v) is 11.8. The highest BCUT2D eigenvalue weighted by Crippen LogP contribution is 2.41. The Morgan fingerprint density at radius 3 is 1.15 bits per heavy atom. The van der Waals surface area contributed by atoms with Gasteiger partial charge in [0.25, 0.3) is 0 Å². The monoisotopic (exact) mass is 935 g/mol. The Hall–Kier alpha value is -9.32. The maximum Gasteiger partial charge on any atom is 0.160 e. The number of aromatic nitrogens is 5. The van der Waals surface area contributed by atoms with Crippen LogP contribution < -0.4 is 0 Å². The Bertz CT molecular complexity index is 4180. The van der Waals surface area contributed by atoms with E-state index in [1.807, 2.05) is 0 Å². The molecule has 0 amide bonds. The summed E-state index contributed by atoms with van der Waals surface area (Å²) in [5.41, 5.74) is 22.7. The molecular weight excluding hydrogens is 887 g/mol. The highest BCUT2D eigenvalue weighted by Gasteiger charge is 2.21. The van der Waals surface area contributed by atoms with Crippen molar-refractivity contribution in [2.24, 2.45) is 0 Å². The van der Waals surface area contributed by atoms with E-state index in [1.54, 1.807) is 0 Å². The predicted molar refractivity (Wildman–Crippen MR) is 306 cm³/mol. The van der Waals surface area contributed by atoms with E-state index in [0.717, 1.165) is 62.0 Å². The summed E-state index contributed by atoms with van der Waals surface area (Å²) in [5.74, 6) is 0.722. The van der Waals surface area contributed by atoms with Crippen molar-refractivity contribution in [1.82, 2.24) is 23.7 Å². The lowest BCUT2D eigenvalue weighted by Crippen LogP contribution is -1.99. The van der Waals surface area contributed by atoms with E-state index >= 15 is 0 Å². The van der Waals surface area contributed by atoms with Gasteiger partial charge in [0, 0.05) is 66.1 Å². The van der Waals surface area contributed by atoms with Gasteiger partial charge >= 0.3 is 0 Å². The van der Waals surface area contributed by atoms with Crippen molar-refractivity contribution in [2.45, 2.75) is 27.7 Å². The number of hydrogen-bond acceptors (Lipinski definition) is 2. The molecule has 346 valence electrons. The smallest absolute Gasteiger partial charge is 0.160 e.